The Morgan fingerprint density at radius 1 is 1.13 bits per heavy atom. The van der Waals surface area contributed by atoms with E-state index in [4.69, 9.17) is 9.47 Å². The van der Waals surface area contributed by atoms with Crippen LogP contribution < -0.4 is 10.1 Å². The normalized spacial score (nSPS) is 10.0. The number of amides is 1. The van der Waals surface area contributed by atoms with Crippen LogP contribution in [0.25, 0.3) is 0 Å². The van der Waals surface area contributed by atoms with Crippen molar-refractivity contribution in [3.05, 3.63) is 59.9 Å². The summed E-state index contributed by atoms with van der Waals surface area (Å²) in [5.41, 5.74) is 1.06. The molecule has 0 aliphatic rings. The molecule has 0 bridgehead atoms. The lowest BCUT2D eigenvalue weighted by atomic mass is 10.1. The van der Waals surface area contributed by atoms with Crippen molar-refractivity contribution in [3.63, 3.8) is 0 Å². The monoisotopic (exact) mass is 317 g/mol. The fourth-order valence-electron chi connectivity index (χ4n) is 1.88. The van der Waals surface area contributed by atoms with Crippen LogP contribution in [0.5, 0.6) is 5.75 Å². The highest BCUT2D eigenvalue weighted by molar-refractivity contribution is 5.92. The van der Waals surface area contributed by atoms with Gasteiger partial charge in [0, 0.05) is 5.69 Å². The fourth-order valence-corrected chi connectivity index (χ4v) is 1.88. The highest BCUT2D eigenvalue weighted by Crippen LogP contribution is 2.14. The summed E-state index contributed by atoms with van der Waals surface area (Å²) >= 11 is 0. The molecule has 0 heterocycles. The van der Waals surface area contributed by atoms with Gasteiger partial charge in [0.05, 0.1) is 13.5 Å². The average molecular weight is 317 g/mol. The zero-order valence-electron chi connectivity index (χ0n) is 12.5. The first-order valence-corrected chi connectivity index (χ1v) is 6.91. The van der Waals surface area contributed by atoms with E-state index in [0.717, 1.165) is 0 Å². The zero-order valence-corrected chi connectivity index (χ0v) is 12.5. The third-order valence-corrected chi connectivity index (χ3v) is 2.98. The van der Waals surface area contributed by atoms with Crippen LogP contribution in [0.3, 0.4) is 0 Å². The maximum Gasteiger partial charge on any atom is 0.310 e. The Hall–Kier alpha value is -2.89. The average Bonchev–Trinajstić information content (AvgIpc) is 2.54. The second-order valence-electron chi connectivity index (χ2n) is 4.74. The van der Waals surface area contributed by atoms with E-state index in [1.165, 1.54) is 18.2 Å². The predicted molar refractivity (Wildman–Crippen MR) is 82.7 cm³/mol. The quantitative estimate of drug-likeness (QED) is 0.832. The number of ether oxygens (including phenoxy) is 2. The third kappa shape index (κ3) is 5.43. The molecule has 6 heteroatoms. The molecule has 2 rings (SSSR count). The van der Waals surface area contributed by atoms with Crippen LogP contribution in [-0.2, 0) is 20.7 Å². The summed E-state index contributed by atoms with van der Waals surface area (Å²) in [5, 5.41) is 2.59. The summed E-state index contributed by atoms with van der Waals surface area (Å²) in [5.74, 6) is -0.805. The number of rotatable bonds is 6. The molecule has 23 heavy (non-hydrogen) atoms. The van der Waals surface area contributed by atoms with Crippen molar-refractivity contribution in [1.82, 2.24) is 0 Å². The van der Waals surface area contributed by atoms with Crippen LogP contribution in [0.4, 0.5) is 10.1 Å². The summed E-state index contributed by atoms with van der Waals surface area (Å²) in [6.45, 7) is -0.403. The van der Waals surface area contributed by atoms with Gasteiger partial charge in [-0.2, -0.15) is 0 Å². The van der Waals surface area contributed by atoms with Crippen LogP contribution in [0.1, 0.15) is 5.56 Å². The van der Waals surface area contributed by atoms with E-state index in [0.29, 0.717) is 17.0 Å². The summed E-state index contributed by atoms with van der Waals surface area (Å²) in [6.07, 6.45) is -0.0897. The van der Waals surface area contributed by atoms with Crippen LogP contribution in [0.15, 0.2) is 48.5 Å². The molecule has 2 aromatic rings. The van der Waals surface area contributed by atoms with Gasteiger partial charge in [-0.15, -0.1) is 0 Å². The molecule has 1 N–H and O–H groups in total. The number of carbonyl (C=O) groups excluding carboxylic acids is 2. The van der Waals surface area contributed by atoms with Crippen molar-refractivity contribution in [2.24, 2.45) is 0 Å². The molecule has 0 aromatic heterocycles. The minimum absolute atomic E-state index is 0.0897. The van der Waals surface area contributed by atoms with E-state index in [1.807, 2.05) is 0 Å². The number of benzene rings is 2. The number of methoxy groups -OCH3 is 1. The van der Waals surface area contributed by atoms with Crippen molar-refractivity contribution in [2.45, 2.75) is 6.42 Å². The van der Waals surface area contributed by atoms with Crippen molar-refractivity contribution in [2.75, 3.05) is 19.0 Å². The van der Waals surface area contributed by atoms with Crippen molar-refractivity contribution in [1.29, 1.82) is 0 Å². The van der Waals surface area contributed by atoms with E-state index in [9.17, 15) is 14.0 Å². The minimum Gasteiger partial charge on any atom is -0.497 e. The molecule has 0 aliphatic heterocycles. The summed E-state index contributed by atoms with van der Waals surface area (Å²) in [4.78, 5) is 23.3. The highest BCUT2D eigenvalue weighted by atomic mass is 19.1. The van der Waals surface area contributed by atoms with Crippen molar-refractivity contribution in [3.8, 4) is 5.75 Å². The van der Waals surface area contributed by atoms with Gasteiger partial charge in [-0.3, -0.25) is 9.59 Å². The number of carbonyl (C=O) groups is 2. The molecule has 0 fully saturated rings. The summed E-state index contributed by atoms with van der Waals surface area (Å²) < 4.78 is 22.9. The minimum atomic E-state index is -0.597. The van der Waals surface area contributed by atoms with Crippen LogP contribution >= 0.6 is 0 Å². The van der Waals surface area contributed by atoms with Gasteiger partial charge in [0.2, 0.25) is 0 Å². The number of hydrogen-bond acceptors (Lipinski definition) is 4. The van der Waals surface area contributed by atoms with Gasteiger partial charge in [-0.05, 0) is 42.0 Å². The van der Waals surface area contributed by atoms with Gasteiger partial charge in [-0.1, -0.05) is 12.1 Å². The first-order chi connectivity index (χ1) is 11.1. The highest BCUT2D eigenvalue weighted by Gasteiger charge is 2.09. The Bertz CT molecular complexity index is 685. The molecule has 0 saturated heterocycles. The largest absolute Gasteiger partial charge is 0.497 e. The molecule has 0 saturated carbocycles. The molecule has 120 valence electrons. The lowest BCUT2D eigenvalue weighted by Crippen LogP contribution is -2.21. The number of halogens is 1. The lowest BCUT2D eigenvalue weighted by molar-refractivity contribution is -0.146. The Balaban J connectivity index is 1.78. The predicted octanol–water partition coefficient (Wildman–Crippen LogP) is 2.56. The Labute approximate surface area is 133 Å². The Morgan fingerprint density at radius 3 is 2.52 bits per heavy atom. The molecule has 2 aromatic carbocycles. The van der Waals surface area contributed by atoms with Crippen molar-refractivity contribution >= 4 is 17.6 Å². The van der Waals surface area contributed by atoms with E-state index < -0.39 is 24.3 Å². The van der Waals surface area contributed by atoms with Crippen LogP contribution in [0.2, 0.25) is 0 Å². The van der Waals surface area contributed by atoms with Gasteiger partial charge in [0.1, 0.15) is 11.6 Å². The molecule has 0 aliphatic carbocycles. The smallest absolute Gasteiger partial charge is 0.310 e. The van der Waals surface area contributed by atoms with Gasteiger partial charge < -0.3 is 14.8 Å². The third-order valence-electron chi connectivity index (χ3n) is 2.98. The molecular formula is C17H16FNO4. The SMILES string of the molecule is COc1ccc(NC(=O)COC(=O)Cc2cccc(F)c2)cc1. The first kappa shape index (κ1) is 16.5. The second-order valence-corrected chi connectivity index (χ2v) is 4.74. The van der Waals surface area contributed by atoms with E-state index >= 15 is 0 Å². The molecule has 1 amide bonds. The zero-order chi connectivity index (χ0) is 16.7. The number of nitrogens with one attached hydrogen (secondary N) is 1. The maximum atomic E-state index is 13.0. The van der Waals surface area contributed by atoms with Gasteiger partial charge in [-0.25, -0.2) is 4.39 Å². The van der Waals surface area contributed by atoms with Crippen LogP contribution in [0, 0.1) is 5.82 Å². The molecule has 0 atom stereocenters. The molecule has 0 unspecified atom stereocenters. The fraction of sp³-hybridized carbons (Fsp3) is 0.176. The summed E-state index contributed by atoms with van der Waals surface area (Å²) in [7, 11) is 1.55. The topological polar surface area (TPSA) is 64.6 Å². The number of anilines is 1. The summed E-state index contributed by atoms with van der Waals surface area (Å²) in [6, 6.07) is 12.4. The van der Waals surface area contributed by atoms with Crippen molar-refractivity contribution < 1.29 is 23.5 Å². The second kappa shape index (κ2) is 7.93. The molecule has 0 spiro atoms. The van der Waals surface area contributed by atoms with Gasteiger partial charge in [0.15, 0.2) is 6.61 Å². The maximum absolute atomic E-state index is 13.0. The molecular weight excluding hydrogens is 301 g/mol. The van der Waals surface area contributed by atoms with Gasteiger partial charge in [0.25, 0.3) is 5.91 Å². The Morgan fingerprint density at radius 2 is 1.87 bits per heavy atom. The van der Waals surface area contributed by atoms with Crippen LogP contribution in [-0.4, -0.2) is 25.6 Å². The number of hydrogen-bond donors (Lipinski definition) is 1. The van der Waals surface area contributed by atoms with Gasteiger partial charge >= 0.3 is 5.97 Å². The van der Waals surface area contributed by atoms with E-state index in [1.54, 1.807) is 37.4 Å². The lowest BCUT2D eigenvalue weighted by Gasteiger charge is -2.07. The Kier molecular flexibility index (Phi) is 5.68. The number of esters is 1. The van der Waals surface area contributed by atoms with E-state index in [-0.39, 0.29) is 6.42 Å². The molecule has 5 nitrogen and oxygen atoms in total. The first-order valence-electron chi connectivity index (χ1n) is 6.91. The molecule has 0 radical (unpaired) electrons. The standard InChI is InChI=1S/C17H16FNO4/c1-22-15-7-5-14(6-8-15)19-16(20)11-23-17(21)10-12-3-2-4-13(18)9-12/h2-9H,10-11H2,1H3,(H,19,20). The van der Waals surface area contributed by atoms with E-state index in [2.05, 4.69) is 5.32 Å².